The Morgan fingerprint density at radius 1 is 1.42 bits per heavy atom. The Balaban J connectivity index is 1.98. The molecule has 1 aromatic carbocycles. The quantitative estimate of drug-likeness (QED) is 0.562. The third-order valence-electron chi connectivity index (χ3n) is 6.53. The van der Waals surface area contributed by atoms with Crippen LogP contribution in [0.25, 0.3) is 0 Å². The van der Waals surface area contributed by atoms with E-state index < -0.39 is 29.2 Å². The molecule has 0 amide bonds. The van der Waals surface area contributed by atoms with Gasteiger partial charge in [0.1, 0.15) is 6.33 Å². The lowest BCUT2D eigenvalue weighted by molar-refractivity contribution is -0.138. The zero-order chi connectivity index (χ0) is 23.1. The maximum absolute atomic E-state index is 13.7. The summed E-state index contributed by atoms with van der Waals surface area (Å²) in [6, 6.07) is 3.76. The number of benzene rings is 1. The van der Waals surface area contributed by atoms with Crippen molar-refractivity contribution in [2.24, 2.45) is 11.8 Å². The van der Waals surface area contributed by atoms with Gasteiger partial charge >= 0.3 is 6.18 Å². The minimum absolute atomic E-state index is 0.000934. The molecule has 31 heavy (non-hydrogen) atoms. The second-order valence-corrected chi connectivity index (χ2v) is 9.08. The molecule has 0 spiro atoms. The molecule has 1 heterocycles. The molecular formula is C21H25ClF3N3O2S. The van der Waals surface area contributed by atoms with Crippen molar-refractivity contribution in [3.05, 3.63) is 45.4 Å². The molecule has 0 aliphatic heterocycles. The number of aromatic nitrogens is 3. The van der Waals surface area contributed by atoms with E-state index in [4.69, 9.17) is 23.8 Å². The van der Waals surface area contributed by atoms with E-state index in [1.807, 2.05) is 6.92 Å². The van der Waals surface area contributed by atoms with E-state index in [0.29, 0.717) is 12.8 Å². The number of aliphatic hydroxyl groups is 1. The minimum Gasteiger partial charge on any atom is -0.387 e. The van der Waals surface area contributed by atoms with Gasteiger partial charge in [-0.25, -0.2) is 9.25 Å². The van der Waals surface area contributed by atoms with Crippen molar-refractivity contribution in [3.63, 3.8) is 0 Å². The van der Waals surface area contributed by atoms with Gasteiger partial charge in [0.2, 0.25) is 10.7 Å². The molecule has 1 fully saturated rings. The van der Waals surface area contributed by atoms with Crippen LogP contribution in [0.5, 0.6) is 0 Å². The highest BCUT2D eigenvalue weighted by Crippen LogP contribution is 2.50. The van der Waals surface area contributed by atoms with Crippen LogP contribution in [0.1, 0.15) is 61.9 Å². The molecular weight excluding hydrogens is 451 g/mol. The molecule has 1 aromatic heterocycles. The van der Waals surface area contributed by atoms with E-state index in [1.54, 1.807) is 13.8 Å². The molecule has 3 rings (SSSR count). The fourth-order valence-corrected chi connectivity index (χ4v) is 5.10. The van der Waals surface area contributed by atoms with Crippen LogP contribution in [0.4, 0.5) is 13.2 Å². The smallest absolute Gasteiger partial charge is 0.387 e. The topological polar surface area (TPSA) is 60.0 Å². The summed E-state index contributed by atoms with van der Waals surface area (Å²) in [7, 11) is 0. The van der Waals surface area contributed by atoms with Crippen LogP contribution < -0.4 is 0 Å². The predicted octanol–water partition coefficient (Wildman–Crippen LogP) is 5.72. The third-order valence-corrected chi connectivity index (χ3v) is 7.17. The molecule has 5 nitrogen and oxygen atoms in total. The lowest BCUT2D eigenvalue weighted by atomic mass is 9.74. The van der Waals surface area contributed by atoms with E-state index in [-0.39, 0.29) is 40.1 Å². The molecule has 1 N–H and O–H groups in total. The van der Waals surface area contributed by atoms with Gasteiger partial charge in [0.15, 0.2) is 0 Å². The van der Waals surface area contributed by atoms with E-state index in [9.17, 15) is 23.1 Å². The average Bonchev–Trinajstić information content (AvgIpc) is 3.20. The second-order valence-electron chi connectivity index (χ2n) is 8.28. The Hall–Kier alpha value is -1.71. The van der Waals surface area contributed by atoms with Crippen LogP contribution >= 0.6 is 23.8 Å². The van der Waals surface area contributed by atoms with Gasteiger partial charge in [-0.2, -0.15) is 18.3 Å². The van der Waals surface area contributed by atoms with Gasteiger partial charge in [0.25, 0.3) is 0 Å². The lowest BCUT2D eigenvalue weighted by Crippen LogP contribution is -2.45. The van der Waals surface area contributed by atoms with Gasteiger partial charge in [-0.05, 0) is 60.5 Å². The van der Waals surface area contributed by atoms with Crippen molar-refractivity contribution in [2.45, 2.75) is 64.3 Å². The van der Waals surface area contributed by atoms with E-state index in [0.717, 1.165) is 6.07 Å². The Bertz CT molecular complexity index is 1040. The number of alkyl halides is 3. The SMILES string of the molecule is CCC(=O)n1cnn(CC2(O)C(C)CCC2C(C)c2ccc(Cl)cc2C(F)(F)F)c1=S. The van der Waals surface area contributed by atoms with Crippen molar-refractivity contribution in [1.29, 1.82) is 0 Å². The van der Waals surface area contributed by atoms with Gasteiger partial charge in [-0.1, -0.05) is 38.4 Å². The van der Waals surface area contributed by atoms with Crippen LogP contribution in [-0.2, 0) is 12.7 Å². The number of rotatable bonds is 5. The van der Waals surface area contributed by atoms with Gasteiger partial charge in [-0.3, -0.25) is 4.79 Å². The Kier molecular flexibility index (Phi) is 6.70. The molecule has 1 aliphatic carbocycles. The Morgan fingerprint density at radius 3 is 2.71 bits per heavy atom. The van der Waals surface area contributed by atoms with Gasteiger partial charge in [-0.15, -0.1) is 0 Å². The molecule has 0 saturated heterocycles. The summed E-state index contributed by atoms with van der Waals surface area (Å²) in [6.07, 6.45) is -1.78. The molecule has 10 heteroatoms. The highest BCUT2D eigenvalue weighted by atomic mass is 35.5. The van der Waals surface area contributed by atoms with Crippen molar-refractivity contribution in [1.82, 2.24) is 14.3 Å². The lowest BCUT2D eigenvalue weighted by Gasteiger charge is -2.38. The maximum Gasteiger partial charge on any atom is 0.416 e. The maximum atomic E-state index is 13.7. The monoisotopic (exact) mass is 475 g/mol. The molecule has 170 valence electrons. The van der Waals surface area contributed by atoms with Gasteiger partial charge < -0.3 is 5.11 Å². The first kappa shape index (κ1) is 23.9. The fourth-order valence-electron chi connectivity index (χ4n) is 4.67. The Labute approximate surface area is 188 Å². The summed E-state index contributed by atoms with van der Waals surface area (Å²) < 4.78 is 43.8. The summed E-state index contributed by atoms with van der Waals surface area (Å²) in [6.45, 7) is 5.28. The first-order valence-corrected chi connectivity index (χ1v) is 11.0. The van der Waals surface area contributed by atoms with E-state index in [2.05, 4.69) is 5.10 Å². The number of hydrogen-bond acceptors (Lipinski definition) is 4. The number of nitrogens with zero attached hydrogens (tertiary/aromatic N) is 3. The molecule has 4 unspecified atom stereocenters. The molecule has 0 bridgehead atoms. The highest BCUT2D eigenvalue weighted by molar-refractivity contribution is 7.71. The summed E-state index contributed by atoms with van der Waals surface area (Å²) in [5.74, 6) is -1.45. The number of hydrogen-bond donors (Lipinski definition) is 1. The first-order chi connectivity index (χ1) is 14.4. The summed E-state index contributed by atoms with van der Waals surface area (Å²) in [5.41, 5.74) is -2.03. The normalized spacial score (nSPS) is 25.0. The summed E-state index contributed by atoms with van der Waals surface area (Å²) in [4.78, 5) is 12.0. The molecule has 0 radical (unpaired) electrons. The highest BCUT2D eigenvalue weighted by Gasteiger charge is 2.50. The van der Waals surface area contributed by atoms with Crippen molar-refractivity contribution in [3.8, 4) is 0 Å². The standard InChI is InChI=1S/C21H25ClF3N3O2S/c1-4-18(29)27-11-26-28(19(27)31)10-20(30)12(2)5-8-16(20)13(3)15-7-6-14(22)9-17(15)21(23,24)25/h6-7,9,11-13,16,30H,4-5,8,10H2,1-3H3. The predicted molar refractivity (Wildman–Crippen MR) is 114 cm³/mol. The number of halogens is 4. The van der Waals surface area contributed by atoms with Crippen molar-refractivity contribution in [2.75, 3.05) is 0 Å². The van der Waals surface area contributed by atoms with Crippen molar-refractivity contribution < 1.29 is 23.1 Å². The fraction of sp³-hybridized carbons (Fsp3) is 0.571. The van der Waals surface area contributed by atoms with Crippen LogP contribution in [0.15, 0.2) is 24.5 Å². The molecule has 4 atom stereocenters. The first-order valence-electron chi connectivity index (χ1n) is 10.2. The number of carbonyl (C=O) groups excluding carboxylic acids is 1. The van der Waals surface area contributed by atoms with Gasteiger partial charge in [0, 0.05) is 11.4 Å². The van der Waals surface area contributed by atoms with Crippen LogP contribution in [0.3, 0.4) is 0 Å². The molecule has 1 saturated carbocycles. The van der Waals surface area contributed by atoms with Gasteiger partial charge in [0.05, 0.1) is 17.7 Å². The second kappa shape index (κ2) is 8.67. The van der Waals surface area contributed by atoms with Crippen LogP contribution in [0, 0.1) is 16.6 Å². The van der Waals surface area contributed by atoms with Crippen LogP contribution in [-0.4, -0.2) is 31.0 Å². The molecule has 1 aliphatic rings. The summed E-state index contributed by atoms with van der Waals surface area (Å²) in [5, 5.41) is 15.8. The average molecular weight is 476 g/mol. The van der Waals surface area contributed by atoms with Crippen LogP contribution in [0.2, 0.25) is 5.02 Å². The molecule has 2 aromatic rings. The minimum atomic E-state index is -4.56. The number of carbonyl (C=O) groups is 1. The zero-order valence-electron chi connectivity index (χ0n) is 17.5. The van der Waals surface area contributed by atoms with E-state index in [1.165, 1.54) is 27.7 Å². The van der Waals surface area contributed by atoms with Crippen molar-refractivity contribution >= 4 is 29.7 Å². The largest absolute Gasteiger partial charge is 0.416 e. The summed E-state index contributed by atoms with van der Waals surface area (Å²) >= 11 is 11.2. The third kappa shape index (κ3) is 4.45. The zero-order valence-corrected chi connectivity index (χ0v) is 19.1. The Morgan fingerprint density at radius 2 is 2.10 bits per heavy atom. The van der Waals surface area contributed by atoms with E-state index >= 15 is 0 Å².